The van der Waals surface area contributed by atoms with E-state index in [1.54, 1.807) is 28.6 Å². The minimum absolute atomic E-state index is 0.0637. The Morgan fingerprint density at radius 2 is 2.17 bits per heavy atom. The highest BCUT2D eigenvalue weighted by molar-refractivity contribution is 14.1. The zero-order valence-corrected chi connectivity index (χ0v) is 17.8. The first-order valence-electron chi connectivity index (χ1n) is 9.18. The van der Waals surface area contributed by atoms with Crippen molar-refractivity contribution in [2.24, 2.45) is 7.05 Å². The summed E-state index contributed by atoms with van der Waals surface area (Å²) in [6, 6.07) is 5.76. The highest BCUT2D eigenvalue weighted by atomic mass is 127. The number of likely N-dealkylation sites (tertiary alicyclic amines) is 1. The number of aryl methyl sites for hydroxylation is 1. The molecule has 0 bridgehead atoms. The molecule has 0 radical (unpaired) electrons. The van der Waals surface area contributed by atoms with Crippen LogP contribution in [0.15, 0.2) is 30.6 Å². The maximum absolute atomic E-state index is 15.4. The van der Waals surface area contributed by atoms with Crippen LogP contribution in [0.5, 0.6) is 0 Å². The Hall–Kier alpha value is -2.27. The fourth-order valence-electron chi connectivity index (χ4n) is 3.69. The number of rotatable bonds is 4. The van der Waals surface area contributed by atoms with E-state index < -0.39 is 17.5 Å². The predicted octanol–water partition coefficient (Wildman–Crippen LogP) is 3.80. The van der Waals surface area contributed by atoms with Crippen LogP contribution in [0.4, 0.5) is 20.2 Å². The number of halogens is 3. The van der Waals surface area contributed by atoms with E-state index in [0.717, 1.165) is 6.42 Å². The van der Waals surface area contributed by atoms with E-state index in [-0.39, 0.29) is 35.1 Å². The molecule has 0 aliphatic carbocycles. The molecule has 0 saturated carbocycles. The number of aliphatic hydroxyl groups is 1. The molecule has 2 aromatic carbocycles. The average Bonchev–Trinajstić information content (AvgIpc) is 3.32. The SMILES string of the molecule is Cn1cnc2c(F)c(Nc3ccc(I)cc3F)c(C(=O)N3CCC[C@@H]3CO)cc21. The molecule has 0 spiro atoms. The Morgan fingerprint density at radius 3 is 2.90 bits per heavy atom. The molecule has 4 rings (SSSR count). The lowest BCUT2D eigenvalue weighted by molar-refractivity contribution is 0.0678. The van der Waals surface area contributed by atoms with Gasteiger partial charge in [-0.2, -0.15) is 0 Å². The second-order valence-corrected chi connectivity index (χ2v) is 8.31. The second kappa shape index (κ2) is 7.86. The fourth-order valence-corrected chi connectivity index (χ4v) is 4.14. The molecular weight excluding hydrogens is 493 g/mol. The quantitative estimate of drug-likeness (QED) is 0.522. The third-order valence-electron chi connectivity index (χ3n) is 5.23. The largest absolute Gasteiger partial charge is 0.394 e. The first kappa shape index (κ1) is 20.0. The zero-order valence-electron chi connectivity index (χ0n) is 15.6. The van der Waals surface area contributed by atoms with Crippen LogP contribution < -0.4 is 5.32 Å². The smallest absolute Gasteiger partial charge is 0.256 e. The molecule has 3 aromatic rings. The predicted molar refractivity (Wildman–Crippen MR) is 114 cm³/mol. The van der Waals surface area contributed by atoms with E-state index in [0.29, 0.717) is 22.1 Å². The molecule has 1 fully saturated rings. The molecule has 152 valence electrons. The molecule has 1 aromatic heterocycles. The zero-order chi connectivity index (χ0) is 20.7. The van der Waals surface area contributed by atoms with Gasteiger partial charge in [-0.05, 0) is 59.7 Å². The van der Waals surface area contributed by atoms with Crippen LogP contribution in [0.3, 0.4) is 0 Å². The molecule has 2 N–H and O–H groups in total. The van der Waals surface area contributed by atoms with Crippen molar-refractivity contribution in [1.29, 1.82) is 0 Å². The van der Waals surface area contributed by atoms with Crippen molar-refractivity contribution in [3.05, 3.63) is 51.4 Å². The number of nitrogens with one attached hydrogen (secondary N) is 1. The number of carbonyl (C=O) groups is 1. The van der Waals surface area contributed by atoms with E-state index in [1.165, 1.54) is 18.5 Å². The van der Waals surface area contributed by atoms with Gasteiger partial charge in [0.2, 0.25) is 0 Å². The standard InChI is InChI=1S/C20H19F2IN4O2/c1-26-10-24-19-16(26)8-13(20(29)27-6-2-3-12(27)9-28)18(17(19)22)25-15-5-4-11(23)7-14(15)21/h4-5,7-8,10,12,25,28H,2-3,6,9H2,1H3/t12-/m1/s1. The maximum Gasteiger partial charge on any atom is 0.256 e. The van der Waals surface area contributed by atoms with Crippen LogP contribution in [-0.4, -0.2) is 44.7 Å². The molecule has 0 unspecified atom stereocenters. The molecule has 9 heteroatoms. The summed E-state index contributed by atoms with van der Waals surface area (Å²) < 4.78 is 32.1. The van der Waals surface area contributed by atoms with E-state index in [9.17, 15) is 14.3 Å². The number of hydrogen-bond donors (Lipinski definition) is 2. The number of benzene rings is 2. The second-order valence-electron chi connectivity index (χ2n) is 7.06. The van der Waals surface area contributed by atoms with Gasteiger partial charge in [-0.3, -0.25) is 4.79 Å². The summed E-state index contributed by atoms with van der Waals surface area (Å²) in [4.78, 5) is 18.9. The number of nitrogens with zero attached hydrogens (tertiary/aromatic N) is 3. The highest BCUT2D eigenvalue weighted by Gasteiger charge is 2.32. The number of fused-ring (bicyclic) bond motifs is 1. The summed E-state index contributed by atoms with van der Waals surface area (Å²) in [6.45, 7) is 0.323. The van der Waals surface area contributed by atoms with Crippen molar-refractivity contribution in [3.63, 3.8) is 0 Å². The molecule has 29 heavy (non-hydrogen) atoms. The number of aliphatic hydroxyl groups excluding tert-OH is 1. The van der Waals surface area contributed by atoms with Crippen molar-refractivity contribution in [2.75, 3.05) is 18.5 Å². The molecule has 1 saturated heterocycles. The number of anilines is 2. The van der Waals surface area contributed by atoms with Crippen molar-refractivity contribution >= 4 is 50.9 Å². The van der Waals surface area contributed by atoms with Crippen molar-refractivity contribution in [3.8, 4) is 0 Å². The van der Waals surface area contributed by atoms with Gasteiger partial charge in [-0.25, -0.2) is 13.8 Å². The van der Waals surface area contributed by atoms with Gasteiger partial charge in [0, 0.05) is 17.2 Å². The fraction of sp³-hybridized carbons (Fsp3) is 0.300. The van der Waals surface area contributed by atoms with Gasteiger partial charge in [0.05, 0.1) is 41.4 Å². The lowest BCUT2D eigenvalue weighted by Crippen LogP contribution is -2.38. The summed E-state index contributed by atoms with van der Waals surface area (Å²) in [5, 5.41) is 12.4. The highest BCUT2D eigenvalue weighted by Crippen LogP contribution is 2.33. The average molecular weight is 512 g/mol. The Morgan fingerprint density at radius 1 is 1.38 bits per heavy atom. The van der Waals surface area contributed by atoms with Gasteiger partial charge in [-0.1, -0.05) is 0 Å². The summed E-state index contributed by atoms with van der Waals surface area (Å²) in [5.74, 6) is -1.67. The van der Waals surface area contributed by atoms with Crippen molar-refractivity contribution in [1.82, 2.24) is 14.5 Å². The Kier molecular flexibility index (Phi) is 5.43. The van der Waals surface area contributed by atoms with Gasteiger partial charge in [0.15, 0.2) is 5.82 Å². The number of hydrogen-bond acceptors (Lipinski definition) is 4. The molecule has 1 atom stereocenters. The van der Waals surface area contributed by atoms with E-state index >= 15 is 4.39 Å². The van der Waals surface area contributed by atoms with Crippen LogP contribution in [0.25, 0.3) is 11.0 Å². The van der Waals surface area contributed by atoms with Crippen LogP contribution in [-0.2, 0) is 7.05 Å². The summed E-state index contributed by atoms with van der Waals surface area (Å²) >= 11 is 1.98. The topological polar surface area (TPSA) is 70.4 Å². The van der Waals surface area contributed by atoms with Gasteiger partial charge in [-0.15, -0.1) is 0 Å². The molecule has 2 heterocycles. The monoisotopic (exact) mass is 512 g/mol. The van der Waals surface area contributed by atoms with Crippen LogP contribution in [0.2, 0.25) is 0 Å². The van der Waals surface area contributed by atoms with E-state index in [4.69, 9.17) is 0 Å². The summed E-state index contributed by atoms with van der Waals surface area (Å²) in [5.41, 5.74) is 0.576. The molecular formula is C20H19F2IN4O2. The Balaban J connectivity index is 1.86. The minimum atomic E-state index is -0.718. The third kappa shape index (κ3) is 3.57. The first-order chi connectivity index (χ1) is 13.9. The van der Waals surface area contributed by atoms with E-state index in [2.05, 4.69) is 10.3 Å². The molecule has 1 aliphatic heterocycles. The molecule has 6 nitrogen and oxygen atoms in total. The minimum Gasteiger partial charge on any atom is -0.394 e. The maximum atomic E-state index is 15.4. The molecule has 1 aliphatic rings. The Bertz CT molecular complexity index is 1100. The number of carbonyl (C=O) groups excluding carboxylic acids is 1. The van der Waals surface area contributed by atoms with Gasteiger partial charge >= 0.3 is 0 Å². The lowest BCUT2D eigenvalue weighted by Gasteiger charge is -2.25. The first-order valence-corrected chi connectivity index (χ1v) is 10.3. The normalized spacial score (nSPS) is 16.6. The number of aromatic nitrogens is 2. The summed E-state index contributed by atoms with van der Waals surface area (Å²) in [7, 11) is 1.71. The Labute approximate surface area is 179 Å². The lowest BCUT2D eigenvalue weighted by atomic mass is 10.1. The molecule has 1 amide bonds. The summed E-state index contributed by atoms with van der Waals surface area (Å²) in [6.07, 6.45) is 2.92. The van der Waals surface area contributed by atoms with Crippen LogP contribution >= 0.6 is 22.6 Å². The van der Waals surface area contributed by atoms with Crippen molar-refractivity contribution in [2.45, 2.75) is 18.9 Å². The van der Waals surface area contributed by atoms with Crippen LogP contribution in [0, 0.1) is 15.2 Å². The third-order valence-corrected chi connectivity index (χ3v) is 5.90. The van der Waals surface area contributed by atoms with Gasteiger partial charge in [0.1, 0.15) is 11.3 Å². The van der Waals surface area contributed by atoms with Gasteiger partial charge < -0.3 is 19.9 Å². The number of amides is 1. The van der Waals surface area contributed by atoms with Crippen LogP contribution in [0.1, 0.15) is 23.2 Å². The number of imidazole rings is 1. The van der Waals surface area contributed by atoms with Gasteiger partial charge in [0.25, 0.3) is 5.91 Å². The van der Waals surface area contributed by atoms with E-state index in [1.807, 2.05) is 22.6 Å². The van der Waals surface area contributed by atoms with Crippen molar-refractivity contribution < 1.29 is 18.7 Å².